The summed E-state index contributed by atoms with van der Waals surface area (Å²) in [5.74, 6) is -1.21. The van der Waals surface area contributed by atoms with Crippen LogP contribution in [-0.4, -0.2) is 40.5 Å². The molecule has 0 fully saturated rings. The predicted octanol–water partition coefficient (Wildman–Crippen LogP) is 1.03. The van der Waals surface area contributed by atoms with Crippen LogP contribution in [0.3, 0.4) is 0 Å². The van der Waals surface area contributed by atoms with Crippen LogP contribution >= 0.6 is 67.8 Å². The van der Waals surface area contributed by atoms with Gasteiger partial charge < -0.3 is 21.1 Å². The van der Waals surface area contributed by atoms with Crippen LogP contribution < -0.4 is 5.73 Å². The van der Waals surface area contributed by atoms with Gasteiger partial charge in [-0.05, 0) is 79.4 Å². The molecule has 1 aromatic rings. The van der Waals surface area contributed by atoms with Gasteiger partial charge in [0, 0.05) is 16.6 Å². The third kappa shape index (κ3) is 3.90. The average molecular weight is 603 g/mol. The van der Waals surface area contributed by atoms with E-state index in [9.17, 15) is 15.0 Å². The van der Waals surface area contributed by atoms with Crippen molar-refractivity contribution in [1.82, 2.24) is 0 Å². The van der Waals surface area contributed by atoms with Gasteiger partial charge in [0.25, 0.3) is 5.91 Å². The standard InChI is InChI=1S/C11H12I3NO4/c12-5-1-6(13)9(11(15)19)10(14)8(5)4(2-16)7(18)3-17/h1,4,7,16-18H,2-3H2,(H2,15,19). The van der Waals surface area contributed by atoms with Crippen LogP contribution in [0.5, 0.6) is 0 Å². The van der Waals surface area contributed by atoms with Crippen molar-refractivity contribution in [2.24, 2.45) is 5.73 Å². The predicted molar refractivity (Wildman–Crippen MR) is 96.0 cm³/mol. The van der Waals surface area contributed by atoms with Gasteiger partial charge in [0.2, 0.25) is 0 Å². The van der Waals surface area contributed by atoms with E-state index in [1.54, 1.807) is 6.07 Å². The molecule has 1 rings (SSSR count). The van der Waals surface area contributed by atoms with E-state index in [0.717, 1.165) is 7.14 Å². The first kappa shape index (κ1) is 17.8. The molecule has 19 heavy (non-hydrogen) atoms. The topological polar surface area (TPSA) is 104 Å². The molecule has 1 aromatic carbocycles. The summed E-state index contributed by atoms with van der Waals surface area (Å²) >= 11 is 6.08. The van der Waals surface area contributed by atoms with Crippen LogP contribution in [0.25, 0.3) is 0 Å². The Bertz CT molecular complexity index is 495. The fourth-order valence-corrected chi connectivity index (χ4v) is 6.41. The summed E-state index contributed by atoms with van der Waals surface area (Å²) in [6.07, 6.45) is -1.09. The van der Waals surface area contributed by atoms with Gasteiger partial charge in [0.05, 0.1) is 24.9 Å². The molecule has 2 unspecified atom stereocenters. The Morgan fingerprint density at radius 3 is 2.21 bits per heavy atom. The molecule has 0 bridgehead atoms. The zero-order valence-corrected chi connectivity index (χ0v) is 16.1. The summed E-state index contributed by atoms with van der Waals surface area (Å²) < 4.78 is 2.13. The molecule has 0 saturated heterocycles. The molecule has 0 saturated carbocycles. The van der Waals surface area contributed by atoms with Gasteiger partial charge in [0.1, 0.15) is 0 Å². The lowest BCUT2D eigenvalue weighted by Crippen LogP contribution is -2.28. The van der Waals surface area contributed by atoms with Gasteiger partial charge in [-0.15, -0.1) is 0 Å². The molecule has 5 nitrogen and oxygen atoms in total. The SMILES string of the molecule is NC(=O)c1c(I)cc(I)c(C(CO)C(O)CO)c1I. The molecule has 0 radical (unpaired) electrons. The number of nitrogens with two attached hydrogens (primary N) is 1. The highest BCUT2D eigenvalue weighted by molar-refractivity contribution is 14.1. The van der Waals surface area contributed by atoms with E-state index in [1.165, 1.54) is 0 Å². The summed E-state index contributed by atoms with van der Waals surface area (Å²) in [6, 6.07) is 1.77. The molecular formula is C11H12I3NO4. The van der Waals surface area contributed by atoms with Crippen LogP contribution in [0.15, 0.2) is 6.07 Å². The van der Waals surface area contributed by atoms with Gasteiger partial charge in [0.15, 0.2) is 0 Å². The first-order chi connectivity index (χ1) is 8.84. The number of benzene rings is 1. The Morgan fingerprint density at radius 2 is 1.79 bits per heavy atom. The van der Waals surface area contributed by atoms with Crippen molar-refractivity contribution in [2.45, 2.75) is 12.0 Å². The summed E-state index contributed by atoms with van der Waals surface area (Å²) in [7, 11) is 0. The van der Waals surface area contributed by atoms with Crippen LogP contribution in [-0.2, 0) is 0 Å². The number of amides is 1. The number of carbonyl (C=O) groups is 1. The Morgan fingerprint density at radius 1 is 1.21 bits per heavy atom. The maximum atomic E-state index is 11.5. The summed E-state index contributed by atoms with van der Waals surface area (Å²) in [5.41, 5.74) is 6.37. The zero-order valence-electron chi connectivity index (χ0n) is 9.61. The van der Waals surface area contributed by atoms with Crippen LogP contribution in [0.1, 0.15) is 21.8 Å². The molecule has 0 aliphatic carbocycles. The summed E-state index contributed by atoms with van der Waals surface area (Å²) in [6.45, 7) is -0.790. The monoisotopic (exact) mass is 603 g/mol. The zero-order chi connectivity index (χ0) is 14.7. The number of carbonyl (C=O) groups excluding carboxylic acids is 1. The molecule has 0 aliphatic rings. The van der Waals surface area contributed by atoms with Crippen LogP contribution in [0.2, 0.25) is 0 Å². The first-order valence-electron chi connectivity index (χ1n) is 5.22. The van der Waals surface area contributed by atoms with Crippen molar-refractivity contribution >= 4 is 73.7 Å². The maximum absolute atomic E-state index is 11.5. The molecule has 106 valence electrons. The normalized spacial score (nSPS) is 14.2. The van der Waals surface area contributed by atoms with Crippen molar-refractivity contribution in [3.05, 3.63) is 27.9 Å². The van der Waals surface area contributed by atoms with Crippen molar-refractivity contribution < 1.29 is 20.1 Å². The number of aliphatic hydroxyl groups excluding tert-OH is 3. The summed E-state index contributed by atoms with van der Waals surface area (Å²) in [5, 5.41) is 28.3. The quantitative estimate of drug-likeness (QED) is 0.378. The molecular weight excluding hydrogens is 591 g/mol. The minimum atomic E-state index is -1.09. The number of primary amides is 1. The smallest absolute Gasteiger partial charge is 0.250 e. The molecule has 2 atom stereocenters. The fourth-order valence-electron chi connectivity index (χ4n) is 1.70. The number of halogens is 3. The highest BCUT2D eigenvalue weighted by Gasteiger charge is 2.27. The van der Waals surface area contributed by atoms with Crippen molar-refractivity contribution in [1.29, 1.82) is 0 Å². The molecule has 1 amide bonds. The first-order valence-corrected chi connectivity index (χ1v) is 8.45. The molecule has 0 heterocycles. The van der Waals surface area contributed by atoms with Crippen LogP contribution in [0, 0.1) is 10.7 Å². The van der Waals surface area contributed by atoms with Crippen LogP contribution in [0.4, 0.5) is 0 Å². The third-order valence-electron chi connectivity index (χ3n) is 2.67. The van der Waals surface area contributed by atoms with Crippen molar-refractivity contribution in [2.75, 3.05) is 13.2 Å². The van der Waals surface area contributed by atoms with E-state index >= 15 is 0 Å². The Kier molecular flexibility index (Phi) is 7.20. The largest absolute Gasteiger partial charge is 0.396 e. The Labute approximate surface area is 151 Å². The van der Waals surface area contributed by atoms with E-state index in [-0.39, 0.29) is 6.61 Å². The number of hydrogen-bond donors (Lipinski definition) is 4. The molecule has 5 N–H and O–H groups in total. The Hall–Kier alpha value is 0.760. The highest BCUT2D eigenvalue weighted by Crippen LogP contribution is 2.34. The molecule has 8 heteroatoms. The molecule has 0 spiro atoms. The second-order valence-electron chi connectivity index (χ2n) is 3.85. The molecule has 0 aliphatic heterocycles. The Balaban J connectivity index is 3.50. The van der Waals surface area contributed by atoms with E-state index in [4.69, 9.17) is 10.8 Å². The van der Waals surface area contributed by atoms with Crippen molar-refractivity contribution in [3.8, 4) is 0 Å². The third-order valence-corrected chi connectivity index (χ3v) is 5.53. The summed E-state index contributed by atoms with van der Waals surface area (Å²) in [4.78, 5) is 11.5. The van der Waals surface area contributed by atoms with E-state index < -0.39 is 24.5 Å². The highest BCUT2D eigenvalue weighted by atomic mass is 127. The average Bonchev–Trinajstić information content (AvgIpc) is 2.32. The molecule has 0 aromatic heterocycles. The van der Waals surface area contributed by atoms with Gasteiger partial charge >= 0.3 is 0 Å². The number of hydrogen-bond acceptors (Lipinski definition) is 4. The number of rotatable bonds is 5. The van der Waals surface area contributed by atoms with Crippen molar-refractivity contribution in [3.63, 3.8) is 0 Å². The second kappa shape index (κ2) is 7.68. The lowest BCUT2D eigenvalue weighted by Gasteiger charge is -2.23. The van der Waals surface area contributed by atoms with Gasteiger partial charge in [-0.1, -0.05) is 0 Å². The van der Waals surface area contributed by atoms with Gasteiger partial charge in [-0.3, -0.25) is 4.79 Å². The maximum Gasteiger partial charge on any atom is 0.250 e. The number of aliphatic hydroxyl groups is 3. The second-order valence-corrected chi connectivity index (χ2v) is 7.25. The minimum Gasteiger partial charge on any atom is -0.396 e. The van der Waals surface area contributed by atoms with Gasteiger partial charge in [-0.25, -0.2) is 0 Å². The lowest BCUT2D eigenvalue weighted by molar-refractivity contribution is 0.0521. The lowest BCUT2D eigenvalue weighted by atomic mass is 9.93. The van der Waals surface area contributed by atoms with E-state index in [0.29, 0.717) is 14.7 Å². The van der Waals surface area contributed by atoms with E-state index in [2.05, 4.69) is 22.6 Å². The van der Waals surface area contributed by atoms with Gasteiger partial charge in [-0.2, -0.15) is 0 Å². The minimum absolute atomic E-state index is 0.327. The van der Waals surface area contributed by atoms with E-state index in [1.807, 2.05) is 45.2 Å². The fraction of sp³-hybridized carbons (Fsp3) is 0.364.